The summed E-state index contributed by atoms with van der Waals surface area (Å²) in [6.45, 7) is 3.16. The van der Waals surface area contributed by atoms with E-state index in [-0.39, 0.29) is 17.9 Å². The molecule has 3 N–H and O–H groups in total. The molecule has 0 saturated carbocycles. The van der Waals surface area contributed by atoms with Gasteiger partial charge in [0.2, 0.25) is 5.91 Å². The molecule has 0 bridgehead atoms. The van der Waals surface area contributed by atoms with Crippen molar-refractivity contribution in [1.29, 1.82) is 0 Å². The molecule has 1 aromatic rings. The Balaban J connectivity index is 1.90. The van der Waals surface area contributed by atoms with Crippen LogP contribution in [0.3, 0.4) is 0 Å². The second-order valence-electron chi connectivity index (χ2n) is 4.80. The first-order valence-electron chi connectivity index (χ1n) is 6.40. The molecular weight excluding hydrogens is 228 g/mol. The third-order valence-electron chi connectivity index (χ3n) is 3.22. The SMILES string of the molecule is CC1CC(C(=O)Nc2ccc(CCN)cc2)CO1. The topological polar surface area (TPSA) is 64.4 Å². The Labute approximate surface area is 108 Å². The Morgan fingerprint density at radius 3 is 2.72 bits per heavy atom. The van der Waals surface area contributed by atoms with Gasteiger partial charge in [-0.3, -0.25) is 4.79 Å². The molecule has 2 unspecified atom stereocenters. The maximum absolute atomic E-state index is 12.0. The van der Waals surface area contributed by atoms with Gasteiger partial charge in [-0.05, 0) is 44.0 Å². The summed E-state index contributed by atoms with van der Waals surface area (Å²) in [5.41, 5.74) is 7.51. The minimum atomic E-state index is -0.0243. The summed E-state index contributed by atoms with van der Waals surface area (Å²) in [6, 6.07) is 7.83. The fraction of sp³-hybridized carbons (Fsp3) is 0.500. The van der Waals surface area contributed by atoms with E-state index in [2.05, 4.69) is 5.32 Å². The lowest BCUT2D eigenvalue weighted by atomic mass is 10.1. The van der Waals surface area contributed by atoms with E-state index >= 15 is 0 Å². The van der Waals surface area contributed by atoms with Crippen molar-refractivity contribution in [2.75, 3.05) is 18.5 Å². The number of carbonyl (C=O) groups excluding carboxylic acids is 1. The lowest BCUT2D eigenvalue weighted by molar-refractivity contribution is -0.119. The zero-order valence-corrected chi connectivity index (χ0v) is 10.7. The van der Waals surface area contributed by atoms with E-state index in [4.69, 9.17) is 10.5 Å². The van der Waals surface area contributed by atoms with Crippen LogP contribution >= 0.6 is 0 Å². The average molecular weight is 248 g/mol. The predicted molar refractivity (Wildman–Crippen MR) is 71.4 cm³/mol. The van der Waals surface area contributed by atoms with Gasteiger partial charge in [0.05, 0.1) is 18.6 Å². The Kier molecular flexibility index (Phi) is 4.33. The van der Waals surface area contributed by atoms with Gasteiger partial charge in [0.15, 0.2) is 0 Å². The van der Waals surface area contributed by atoms with Crippen LogP contribution in [0, 0.1) is 5.92 Å². The molecule has 0 radical (unpaired) electrons. The maximum atomic E-state index is 12.0. The Hall–Kier alpha value is -1.39. The second kappa shape index (κ2) is 5.98. The fourth-order valence-electron chi connectivity index (χ4n) is 2.17. The van der Waals surface area contributed by atoms with Gasteiger partial charge in [-0.2, -0.15) is 0 Å². The van der Waals surface area contributed by atoms with Crippen molar-refractivity contribution >= 4 is 11.6 Å². The molecule has 1 aliphatic heterocycles. The van der Waals surface area contributed by atoms with E-state index in [0.717, 1.165) is 18.5 Å². The summed E-state index contributed by atoms with van der Waals surface area (Å²) >= 11 is 0. The summed E-state index contributed by atoms with van der Waals surface area (Å²) in [7, 11) is 0. The smallest absolute Gasteiger partial charge is 0.229 e. The monoisotopic (exact) mass is 248 g/mol. The molecule has 1 aromatic carbocycles. The maximum Gasteiger partial charge on any atom is 0.229 e. The van der Waals surface area contributed by atoms with Crippen LogP contribution in [-0.4, -0.2) is 25.2 Å². The summed E-state index contributed by atoms with van der Waals surface area (Å²) in [4.78, 5) is 12.0. The van der Waals surface area contributed by atoms with Gasteiger partial charge < -0.3 is 15.8 Å². The molecule has 2 atom stereocenters. The minimum absolute atomic E-state index is 0.0243. The van der Waals surface area contributed by atoms with Gasteiger partial charge in [-0.15, -0.1) is 0 Å². The molecular formula is C14H20N2O2. The van der Waals surface area contributed by atoms with Crippen molar-refractivity contribution in [3.05, 3.63) is 29.8 Å². The third kappa shape index (κ3) is 3.31. The largest absolute Gasteiger partial charge is 0.378 e. The van der Waals surface area contributed by atoms with E-state index < -0.39 is 0 Å². The number of nitrogens with two attached hydrogens (primary N) is 1. The fourth-order valence-corrected chi connectivity index (χ4v) is 2.17. The van der Waals surface area contributed by atoms with E-state index in [1.54, 1.807) is 0 Å². The number of amides is 1. The van der Waals surface area contributed by atoms with E-state index in [9.17, 15) is 4.79 Å². The highest BCUT2D eigenvalue weighted by molar-refractivity contribution is 5.92. The molecule has 1 fully saturated rings. The zero-order valence-electron chi connectivity index (χ0n) is 10.7. The van der Waals surface area contributed by atoms with E-state index in [0.29, 0.717) is 13.2 Å². The van der Waals surface area contributed by atoms with E-state index in [1.165, 1.54) is 5.56 Å². The molecule has 98 valence electrons. The molecule has 1 aliphatic rings. The van der Waals surface area contributed by atoms with Gasteiger partial charge in [0.1, 0.15) is 0 Å². The van der Waals surface area contributed by atoms with Gasteiger partial charge in [0, 0.05) is 5.69 Å². The van der Waals surface area contributed by atoms with Gasteiger partial charge in [-0.1, -0.05) is 12.1 Å². The molecule has 18 heavy (non-hydrogen) atoms. The number of nitrogens with one attached hydrogen (secondary N) is 1. The number of ether oxygens (including phenoxy) is 1. The van der Waals surface area contributed by atoms with Gasteiger partial charge in [-0.25, -0.2) is 0 Å². The summed E-state index contributed by atoms with van der Waals surface area (Å²) in [5, 5.41) is 2.92. The first kappa shape index (κ1) is 13.1. The number of anilines is 1. The highest BCUT2D eigenvalue weighted by Crippen LogP contribution is 2.21. The van der Waals surface area contributed by atoms with Crippen LogP contribution in [0.5, 0.6) is 0 Å². The number of rotatable bonds is 4. The normalized spacial score (nSPS) is 23.0. The van der Waals surface area contributed by atoms with Crippen LogP contribution in [0.25, 0.3) is 0 Å². The highest BCUT2D eigenvalue weighted by Gasteiger charge is 2.28. The molecule has 0 aliphatic carbocycles. The van der Waals surface area contributed by atoms with Crippen LogP contribution < -0.4 is 11.1 Å². The summed E-state index contributed by atoms with van der Waals surface area (Å²) < 4.78 is 5.40. The molecule has 4 heteroatoms. The predicted octanol–water partition coefficient (Wildman–Crippen LogP) is 1.55. The summed E-state index contributed by atoms with van der Waals surface area (Å²) in [6.07, 6.45) is 1.85. The third-order valence-corrected chi connectivity index (χ3v) is 3.22. The first-order chi connectivity index (χ1) is 8.69. The zero-order chi connectivity index (χ0) is 13.0. The van der Waals surface area contributed by atoms with Crippen molar-refractivity contribution < 1.29 is 9.53 Å². The first-order valence-corrected chi connectivity index (χ1v) is 6.40. The quantitative estimate of drug-likeness (QED) is 0.849. The molecule has 0 aromatic heterocycles. The van der Waals surface area contributed by atoms with Crippen LogP contribution in [0.15, 0.2) is 24.3 Å². The van der Waals surface area contributed by atoms with E-state index in [1.807, 2.05) is 31.2 Å². The standard InChI is InChI=1S/C14H20N2O2/c1-10-8-12(9-18-10)14(17)16-13-4-2-11(3-5-13)6-7-15/h2-5,10,12H,6-9,15H2,1H3,(H,16,17). The van der Waals surface area contributed by atoms with Crippen LogP contribution in [-0.2, 0) is 16.0 Å². The van der Waals surface area contributed by atoms with Gasteiger partial charge >= 0.3 is 0 Å². The number of benzene rings is 1. The van der Waals surface area contributed by atoms with Crippen LogP contribution in [0.4, 0.5) is 5.69 Å². The molecule has 1 saturated heterocycles. The molecule has 1 amide bonds. The lowest BCUT2D eigenvalue weighted by Gasteiger charge is -2.10. The second-order valence-corrected chi connectivity index (χ2v) is 4.80. The number of carbonyl (C=O) groups is 1. The number of hydrogen-bond donors (Lipinski definition) is 2. The van der Waals surface area contributed by atoms with Crippen molar-refractivity contribution in [3.8, 4) is 0 Å². The number of hydrogen-bond acceptors (Lipinski definition) is 3. The lowest BCUT2D eigenvalue weighted by Crippen LogP contribution is -2.23. The summed E-state index contributed by atoms with van der Waals surface area (Å²) in [5.74, 6) is 0.0228. The highest BCUT2D eigenvalue weighted by atomic mass is 16.5. The van der Waals surface area contributed by atoms with Crippen LogP contribution in [0.2, 0.25) is 0 Å². The van der Waals surface area contributed by atoms with Crippen molar-refractivity contribution in [1.82, 2.24) is 0 Å². The average Bonchev–Trinajstić information content (AvgIpc) is 2.79. The molecule has 4 nitrogen and oxygen atoms in total. The molecule has 1 heterocycles. The minimum Gasteiger partial charge on any atom is -0.378 e. The molecule has 0 spiro atoms. The van der Waals surface area contributed by atoms with Crippen molar-refractivity contribution in [2.45, 2.75) is 25.9 Å². The van der Waals surface area contributed by atoms with Gasteiger partial charge in [0.25, 0.3) is 0 Å². The Morgan fingerprint density at radius 1 is 1.44 bits per heavy atom. The Bertz CT molecular complexity index is 403. The van der Waals surface area contributed by atoms with Crippen LogP contribution in [0.1, 0.15) is 18.9 Å². The van der Waals surface area contributed by atoms with Crippen molar-refractivity contribution in [2.24, 2.45) is 11.7 Å². The van der Waals surface area contributed by atoms with Crippen molar-refractivity contribution in [3.63, 3.8) is 0 Å². The Morgan fingerprint density at radius 2 is 2.17 bits per heavy atom. The molecule has 2 rings (SSSR count).